The Labute approximate surface area is 93.8 Å². The minimum absolute atomic E-state index is 0.164. The van der Waals surface area contributed by atoms with E-state index in [1.807, 2.05) is 0 Å². The summed E-state index contributed by atoms with van der Waals surface area (Å²) >= 11 is 0. The van der Waals surface area contributed by atoms with Gasteiger partial charge in [-0.05, 0) is 37.5 Å². The standard InChI is InChI=1S/C10H23N3OSi/c1-5-6-7-10(12-13-11)8-9-15(3,4)14-2/h10H,5-9H2,1-4H3. The van der Waals surface area contributed by atoms with Gasteiger partial charge in [-0.1, -0.05) is 24.9 Å². The molecule has 0 saturated heterocycles. The molecule has 1 atom stereocenters. The van der Waals surface area contributed by atoms with Gasteiger partial charge in [0.05, 0.1) is 0 Å². The molecule has 0 aromatic heterocycles. The van der Waals surface area contributed by atoms with Crippen LogP contribution in [0.5, 0.6) is 0 Å². The van der Waals surface area contributed by atoms with Gasteiger partial charge in [-0.2, -0.15) is 0 Å². The van der Waals surface area contributed by atoms with Gasteiger partial charge in [0.1, 0.15) is 0 Å². The lowest BCUT2D eigenvalue weighted by Gasteiger charge is -2.21. The highest BCUT2D eigenvalue weighted by Gasteiger charge is 2.21. The molecule has 15 heavy (non-hydrogen) atoms. The Morgan fingerprint density at radius 1 is 1.40 bits per heavy atom. The fraction of sp³-hybridized carbons (Fsp3) is 1.00. The zero-order valence-electron chi connectivity index (χ0n) is 10.4. The summed E-state index contributed by atoms with van der Waals surface area (Å²) in [5.41, 5.74) is 8.46. The Kier molecular flexibility index (Phi) is 7.47. The van der Waals surface area contributed by atoms with Gasteiger partial charge < -0.3 is 4.43 Å². The van der Waals surface area contributed by atoms with Crippen LogP contribution in [0.2, 0.25) is 19.1 Å². The number of hydrogen-bond donors (Lipinski definition) is 0. The van der Waals surface area contributed by atoms with Gasteiger partial charge in [0.2, 0.25) is 0 Å². The monoisotopic (exact) mass is 229 g/mol. The molecule has 0 aliphatic carbocycles. The molecule has 0 aliphatic heterocycles. The zero-order chi connectivity index (χ0) is 11.7. The molecular weight excluding hydrogens is 206 g/mol. The third-order valence-electron chi connectivity index (χ3n) is 2.74. The van der Waals surface area contributed by atoms with Crippen molar-refractivity contribution in [2.75, 3.05) is 7.11 Å². The summed E-state index contributed by atoms with van der Waals surface area (Å²) in [4.78, 5) is 2.92. The van der Waals surface area contributed by atoms with Crippen LogP contribution in [0.1, 0.15) is 32.6 Å². The maximum absolute atomic E-state index is 8.46. The van der Waals surface area contributed by atoms with Crippen LogP contribution in [0.25, 0.3) is 10.4 Å². The second kappa shape index (κ2) is 7.74. The largest absolute Gasteiger partial charge is 0.420 e. The van der Waals surface area contributed by atoms with E-state index < -0.39 is 8.32 Å². The molecule has 0 spiro atoms. The maximum atomic E-state index is 8.46. The Morgan fingerprint density at radius 3 is 2.53 bits per heavy atom. The topological polar surface area (TPSA) is 58.0 Å². The molecule has 0 aliphatic rings. The molecule has 5 heteroatoms. The average molecular weight is 229 g/mol. The Morgan fingerprint density at radius 2 is 2.07 bits per heavy atom. The van der Waals surface area contributed by atoms with E-state index in [1.54, 1.807) is 7.11 Å². The summed E-state index contributed by atoms with van der Waals surface area (Å²) in [5.74, 6) is 0. The van der Waals surface area contributed by atoms with Gasteiger partial charge in [-0.15, -0.1) is 0 Å². The summed E-state index contributed by atoms with van der Waals surface area (Å²) in [6.07, 6.45) is 4.27. The predicted octanol–water partition coefficient (Wildman–Crippen LogP) is 4.10. The van der Waals surface area contributed by atoms with E-state index in [0.717, 1.165) is 31.7 Å². The lowest BCUT2D eigenvalue weighted by atomic mass is 10.1. The van der Waals surface area contributed by atoms with Gasteiger partial charge in [0.25, 0.3) is 0 Å². The van der Waals surface area contributed by atoms with Crippen molar-refractivity contribution in [1.29, 1.82) is 0 Å². The van der Waals surface area contributed by atoms with Gasteiger partial charge in [0, 0.05) is 18.1 Å². The molecule has 0 radical (unpaired) electrons. The van der Waals surface area contributed by atoms with Crippen LogP contribution >= 0.6 is 0 Å². The number of azide groups is 1. The van der Waals surface area contributed by atoms with Gasteiger partial charge >= 0.3 is 0 Å². The van der Waals surface area contributed by atoms with Crippen LogP contribution in [0.3, 0.4) is 0 Å². The molecular formula is C10H23N3OSi. The third kappa shape index (κ3) is 7.42. The van der Waals surface area contributed by atoms with E-state index in [-0.39, 0.29) is 6.04 Å². The second-order valence-corrected chi connectivity index (χ2v) is 8.93. The smallest absolute Gasteiger partial charge is 0.186 e. The highest BCUT2D eigenvalue weighted by molar-refractivity contribution is 6.71. The quantitative estimate of drug-likeness (QED) is 0.267. The molecule has 88 valence electrons. The summed E-state index contributed by atoms with van der Waals surface area (Å²) in [6, 6.07) is 1.23. The Bertz CT molecular complexity index is 215. The normalized spacial score (nSPS) is 13.3. The van der Waals surface area contributed by atoms with Crippen LogP contribution in [0.4, 0.5) is 0 Å². The van der Waals surface area contributed by atoms with Crippen molar-refractivity contribution < 1.29 is 4.43 Å². The molecule has 0 aromatic carbocycles. The lowest BCUT2D eigenvalue weighted by Crippen LogP contribution is -2.29. The van der Waals surface area contributed by atoms with Crippen molar-refractivity contribution in [2.45, 2.75) is 57.8 Å². The Balaban J connectivity index is 4.00. The summed E-state index contributed by atoms with van der Waals surface area (Å²) < 4.78 is 5.47. The number of rotatable bonds is 8. The van der Waals surface area contributed by atoms with Crippen LogP contribution in [-0.4, -0.2) is 21.5 Å². The predicted molar refractivity (Wildman–Crippen MR) is 66.4 cm³/mol. The fourth-order valence-electron chi connectivity index (χ4n) is 1.39. The van der Waals surface area contributed by atoms with Crippen molar-refractivity contribution in [1.82, 2.24) is 0 Å². The van der Waals surface area contributed by atoms with Crippen molar-refractivity contribution in [3.8, 4) is 0 Å². The minimum atomic E-state index is -1.49. The van der Waals surface area contributed by atoms with Crippen LogP contribution in [-0.2, 0) is 4.43 Å². The summed E-state index contributed by atoms with van der Waals surface area (Å²) in [6.45, 7) is 6.54. The highest BCUT2D eigenvalue weighted by atomic mass is 28.4. The first kappa shape index (κ1) is 14.5. The van der Waals surface area contributed by atoms with Gasteiger partial charge in [0.15, 0.2) is 8.32 Å². The average Bonchev–Trinajstić information content (AvgIpc) is 2.22. The number of unbranched alkanes of at least 4 members (excludes halogenated alkanes) is 1. The van der Waals surface area contributed by atoms with E-state index in [9.17, 15) is 0 Å². The van der Waals surface area contributed by atoms with E-state index in [0.29, 0.717) is 0 Å². The van der Waals surface area contributed by atoms with E-state index in [1.165, 1.54) is 0 Å². The van der Waals surface area contributed by atoms with Crippen LogP contribution in [0.15, 0.2) is 5.11 Å². The van der Waals surface area contributed by atoms with Crippen molar-refractivity contribution in [3.63, 3.8) is 0 Å². The molecule has 0 fully saturated rings. The second-order valence-electron chi connectivity index (χ2n) is 4.50. The van der Waals surface area contributed by atoms with E-state index >= 15 is 0 Å². The minimum Gasteiger partial charge on any atom is -0.420 e. The first-order valence-electron chi connectivity index (χ1n) is 5.65. The summed E-state index contributed by atoms with van der Waals surface area (Å²) in [5, 5.41) is 3.85. The van der Waals surface area contributed by atoms with Crippen LogP contribution < -0.4 is 0 Å². The van der Waals surface area contributed by atoms with E-state index in [2.05, 4.69) is 30.0 Å². The zero-order valence-corrected chi connectivity index (χ0v) is 11.4. The Hall–Kier alpha value is -0.513. The summed E-state index contributed by atoms with van der Waals surface area (Å²) in [7, 11) is 0.287. The SMILES string of the molecule is CCCCC(CC[Si](C)(C)OC)N=[N+]=[N-]. The van der Waals surface area contributed by atoms with Gasteiger partial charge in [-0.25, -0.2) is 0 Å². The van der Waals surface area contributed by atoms with Crippen molar-refractivity contribution in [2.24, 2.45) is 5.11 Å². The first-order valence-corrected chi connectivity index (χ1v) is 8.76. The maximum Gasteiger partial charge on any atom is 0.186 e. The van der Waals surface area contributed by atoms with E-state index in [4.69, 9.17) is 9.96 Å². The molecule has 0 heterocycles. The van der Waals surface area contributed by atoms with Crippen LogP contribution in [0, 0.1) is 0 Å². The van der Waals surface area contributed by atoms with Crippen molar-refractivity contribution >= 4 is 8.32 Å². The molecule has 0 aromatic rings. The van der Waals surface area contributed by atoms with Gasteiger partial charge in [-0.3, -0.25) is 0 Å². The molecule has 4 nitrogen and oxygen atoms in total. The fourth-order valence-corrected chi connectivity index (χ4v) is 2.62. The highest BCUT2D eigenvalue weighted by Crippen LogP contribution is 2.18. The first-order chi connectivity index (χ1) is 7.05. The molecule has 0 amide bonds. The molecule has 0 N–H and O–H groups in total. The van der Waals surface area contributed by atoms with Crippen molar-refractivity contribution in [3.05, 3.63) is 10.4 Å². The third-order valence-corrected chi connectivity index (χ3v) is 5.34. The molecule has 1 unspecified atom stereocenters. The molecule has 0 rings (SSSR count). The lowest BCUT2D eigenvalue weighted by molar-refractivity contribution is 0.398. The number of nitrogens with zero attached hydrogens (tertiary/aromatic N) is 3. The number of hydrogen-bond acceptors (Lipinski definition) is 2. The molecule has 0 saturated carbocycles. The molecule has 0 bridgehead atoms.